The molecule has 20 heavy (non-hydrogen) atoms. The van der Waals surface area contributed by atoms with Crippen LogP contribution in [0.25, 0.3) is 0 Å². The molecule has 0 atom stereocenters. The fraction of sp³-hybridized carbons (Fsp3) is 0.667. The highest BCUT2D eigenvalue weighted by molar-refractivity contribution is 8.00. The zero-order valence-corrected chi connectivity index (χ0v) is 13.2. The Morgan fingerprint density at radius 2 is 2.15 bits per heavy atom. The summed E-state index contributed by atoms with van der Waals surface area (Å²) in [4.78, 5) is 3.97. The van der Waals surface area contributed by atoms with Crippen LogP contribution in [0.1, 0.15) is 19.8 Å². The molecule has 0 spiro atoms. The van der Waals surface area contributed by atoms with Gasteiger partial charge in [-0.15, -0.1) is 11.8 Å². The first-order valence-corrected chi connectivity index (χ1v) is 9.12. The highest BCUT2D eigenvalue weighted by atomic mass is 32.2. The molecule has 0 bridgehead atoms. The molecule has 110 valence electrons. The third-order valence-electron chi connectivity index (χ3n) is 3.70. The summed E-state index contributed by atoms with van der Waals surface area (Å²) in [6, 6.07) is 2.31. The molecule has 8 heteroatoms. The van der Waals surface area contributed by atoms with Crippen LogP contribution in [0.3, 0.4) is 0 Å². The first kappa shape index (κ1) is 15.4. The van der Waals surface area contributed by atoms with Crippen molar-refractivity contribution in [2.24, 2.45) is 0 Å². The van der Waals surface area contributed by atoms with Gasteiger partial charge in [0.2, 0.25) is 0 Å². The molecule has 1 aliphatic heterocycles. The van der Waals surface area contributed by atoms with Crippen LogP contribution in [0.15, 0.2) is 17.6 Å². The Labute approximate surface area is 123 Å². The minimum atomic E-state index is -3.54. The molecule has 0 radical (unpaired) electrons. The minimum absolute atomic E-state index is 0.0907. The van der Waals surface area contributed by atoms with Gasteiger partial charge in [0.25, 0.3) is 10.0 Å². The van der Waals surface area contributed by atoms with Gasteiger partial charge >= 0.3 is 0 Å². The summed E-state index contributed by atoms with van der Waals surface area (Å²) in [5.41, 5.74) is 0. The third kappa shape index (κ3) is 2.71. The second-order valence-corrected chi connectivity index (χ2v) is 7.83. The fourth-order valence-electron chi connectivity index (χ4n) is 2.23. The Hall–Kier alpha value is -1.04. The molecule has 0 saturated carbocycles. The lowest BCUT2D eigenvalue weighted by atomic mass is 9.99. The second-order valence-electron chi connectivity index (χ2n) is 4.76. The summed E-state index contributed by atoms with van der Waals surface area (Å²) in [6.07, 6.45) is 6.08. The minimum Gasteiger partial charge on any atom is -0.336 e. The van der Waals surface area contributed by atoms with Gasteiger partial charge in [-0.05, 0) is 26.0 Å². The van der Waals surface area contributed by atoms with Crippen LogP contribution < -0.4 is 0 Å². The normalized spacial score (nSPS) is 19.6. The van der Waals surface area contributed by atoms with Crippen molar-refractivity contribution >= 4 is 21.8 Å². The molecule has 2 heterocycles. The maximum absolute atomic E-state index is 12.5. The average molecular weight is 314 g/mol. The van der Waals surface area contributed by atoms with Crippen LogP contribution in [-0.4, -0.2) is 46.4 Å². The van der Waals surface area contributed by atoms with E-state index >= 15 is 0 Å². The van der Waals surface area contributed by atoms with Crippen LogP contribution >= 0.6 is 11.8 Å². The number of hydrogen-bond acceptors (Lipinski definition) is 5. The van der Waals surface area contributed by atoms with Gasteiger partial charge in [0, 0.05) is 25.8 Å². The van der Waals surface area contributed by atoms with Crippen molar-refractivity contribution in [3.63, 3.8) is 0 Å². The lowest BCUT2D eigenvalue weighted by Gasteiger charge is -2.34. The number of nitrogens with zero attached hydrogens (tertiary/aromatic N) is 4. The van der Waals surface area contributed by atoms with E-state index in [1.807, 2.05) is 13.2 Å². The number of nitriles is 1. The van der Waals surface area contributed by atoms with Crippen molar-refractivity contribution in [1.29, 1.82) is 5.26 Å². The number of piperidine rings is 1. The Morgan fingerprint density at radius 1 is 1.50 bits per heavy atom. The summed E-state index contributed by atoms with van der Waals surface area (Å²) >= 11 is 1.51. The van der Waals surface area contributed by atoms with Gasteiger partial charge in [-0.25, -0.2) is 13.4 Å². The smallest absolute Gasteiger partial charge is 0.262 e. The molecule has 0 unspecified atom stereocenters. The summed E-state index contributed by atoms with van der Waals surface area (Å²) in [7, 11) is -3.54. The number of rotatable bonds is 4. The van der Waals surface area contributed by atoms with Gasteiger partial charge in [-0.3, -0.25) is 0 Å². The first-order chi connectivity index (χ1) is 9.47. The van der Waals surface area contributed by atoms with E-state index in [9.17, 15) is 13.7 Å². The predicted molar refractivity (Wildman–Crippen MR) is 77.8 cm³/mol. The summed E-state index contributed by atoms with van der Waals surface area (Å²) in [5, 5.41) is 9.32. The molecule has 1 aromatic heterocycles. The monoisotopic (exact) mass is 314 g/mol. The second kappa shape index (κ2) is 5.76. The van der Waals surface area contributed by atoms with Gasteiger partial charge in [-0.1, -0.05) is 0 Å². The zero-order valence-electron chi connectivity index (χ0n) is 11.6. The van der Waals surface area contributed by atoms with Gasteiger partial charge in [0.15, 0.2) is 5.03 Å². The molecule has 1 fully saturated rings. The van der Waals surface area contributed by atoms with Crippen molar-refractivity contribution in [3.05, 3.63) is 12.5 Å². The molecule has 0 aromatic carbocycles. The molecule has 1 saturated heterocycles. The van der Waals surface area contributed by atoms with Crippen LogP contribution in [0.5, 0.6) is 0 Å². The fourth-order valence-corrected chi connectivity index (χ4v) is 4.29. The van der Waals surface area contributed by atoms with Gasteiger partial charge in [0.05, 0.1) is 12.4 Å². The Balaban J connectivity index is 2.15. The number of hydrogen-bond donors (Lipinski definition) is 0. The highest BCUT2D eigenvalue weighted by Crippen LogP contribution is 2.35. The third-order valence-corrected chi connectivity index (χ3v) is 6.77. The molecule has 2 rings (SSSR count). The lowest BCUT2D eigenvalue weighted by Crippen LogP contribution is -2.44. The number of imidazole rings is 1. The van der Waals surface area contributed by atoms with E-state index in [1.54, 1.807) is 10.8 Å². The number of aryl methyl sites for hydroxylation is 1. The summed E-state index contributed by atoms with van der Waals surface area (Å²) < 4.78 is 27.6. The molecule has 0 amide bonds. The summed E-state index contributed by atoms with van der Waals surface area (Å²) in [6.45, 7) is 3.36. The van der Waals surface area contributed by atoms with E-state index in [2.05, 4.69) is 11.1 Å². The Bertz CT molecular complexity index is 610. The van der Waals surface area contributed by atoms with Gasteiger partial charge < -0.3 is 4.57 Å². The van der Waals surface area contributed by atoms with E-state index in [4.69, 9.17) is 0 Å². The molecular weight excluding hydrogens is 296 g/mol. The van der Waals surface area contributed by atoms with Gasteiger partial charge in [0.1, 0.15) is 4.75 Å². The van der Waals surface area contributed by atoms with Crippen molar-refractivity contribution in [2.45, 2.75) is 36.1 Å². The van der Waals surface area contributed by atoms with E-state index in [0.29, 0.717) is 32.5 Å². The predicted octanol–water partition coefficient (Wildman–Crippen LogP) is 1.31. The maximum Gasteiger partial charge on any atom is 0.262 e. The molecule has 6 nitrogen and oxygen atoms in total. The van der Waals surface area contributed by atoms with Crippen molar-refractivity contribution in [2.75, 3.05) is 19.3 Å². The topological polar surface area (TPSA) is 79.0 Å². The van der Waals surface area contributed by atoms with Crippen LogP contribution in [0.4, 0.5) is 0 Å². The van der Waals surface area contributed by atoms with Crippen molar-refractivity contribution < 1.29 is 8.42 Å². The maximum atomic E-state index is 12.5. The molecule has 1 aliphatic rings. The lowest BCUT2D eigenvalue weighted by molar-refractivity contribution is 0.326. The molecule has 0 aliphatic carbocycles. The van der Waals surface area contributed by atoms with E-state index in [0.717, 1.165) is 0 Å². The van der Waals surface area contributed by atoms with E-state index in [1.165, 1.54) is 22.4 Å². The average Bonchev–Trinajstić information content (AvgIpc) is 2.97. The largest absolute Gasteiger partial charge is 0.336 e. The van der Waals surface area contributed by atoms with Crippen LogP contribution in [-0.2, 0) is 16.6 Å². The quantitative estimate of drug-likeness (QED) is 0.837. The first-order valence-electron chi connectivity index (χ1n) is 6.46. The number of sulfonamides is 1. The standard InChI is InChI=1S/C12H18N4O2S2/c1-3-15-8-11(14-10-15)20(17,18)16-6-4-12(9-13,19-2)5-7-16/h8,10H,3-7H2,1-2H3. The Morgan fingerprint density at radius 3 is 2.60 bits per heavy atom. The van der Waals surface area contributed by atoms with Crippen LogP contribution in [0, 0.1) is 11.3 Å². The number of thioether (sulfide) groups is 1. The highest BCUT2D eigenvalue weighted by Gasteiger charge is 2.38. The summed E-state index contributed by atoms with van der Waals surface area (Å²) in [5.74, 6) is 0. The SMILES string of the molecule is CCn1cnc(S(=O)(=O)N2CCC(C#N)(SC)CC2)c1. The van der Waals surface area contributed by atoms with Gasteiger partial charge in [-0.2, -0.15) is 9.57 Å². The zero-order chi connectivity index (χ0) is 14.8. The van der Waals surface area contributed by atoms with Crippen molar-refractivity contribution in [3.8, 4) is 6.07 Å². The molecule has 0 N–H and O–H groups in total. The molecular formula is C12H18N4O2S2. The van der Waals surface area contributed by atoms with Crippen LogP contribution in [0.2, 0.25) is 0 Å². The van der Waals surface area contributed by atoms with Crippen molar-refractivity contribution in [1.82, 2.24) is 13.9 Å². The van der Waals surface area contributed by atoms with E-state index < -0.39 is 14.8 Å². The Kier molecular flexibility index (Phi) is 4.42. The van der Waals surface area contributed by atoms with E-state index in [-0.39, 0.29) is 5.03 Å². The number of aromatic nitrogens is 2. The molecule has 1 aromatic rings.